The Bertz CT molecular complexity index is 681. The highest BCUT2D eigenvalue weighted by atomic mass is 16.4. The van der Waals surface area contributed by atoms with E-state index in [-0.39, 0.29) is 18.2 Å². The number of hydrogen-bond donors (Lipinski definition) is 2. The van der Waals surface area contributed by atoms with Crippen LogP contribution in [0.25, 0.3) is 0 Å². The average molecular weight is 325 g/mol. The van der Waals surface area contributed by atoms with Gasteiger partial charge in [-0.3, -0.25) is 4.79 Å². The van der Waals surface area contributed by atoms with Crippen molar-refractivity contribution in [1.29, 1.82) is 0 Å². The average Bonchev–Trinajstić information content (AvgIpc) is 2.55. The topological polar surface area (TPSA) is 66.4 Å². The molecule has 2 N–H and O–H groups in total. The van der Waals surface area contributed by atoms with Crippen molar-refractivity contribution >= 4 is 11.9 Å². The molecule has 0 heterocycles. The van der Waals surface area contributed by atoms with Gasteiger partial charge in [-0.25, -0.2) is 4.79 Å². The lowest BCUT2D eigenvalue weighted by atomic mass is 9.88. The highest BCUT2D eigenvalue weighted by molar-refractivity contribution is 5.86. The van der Waals surface area contributed by atoms with Crippen LogP contribution in [0.5, 0.6) is 0 Å². The van der Waals surface area contributed by atoms with Gasteiger partial charge in [-0.15, -0.1) is 0 Å². The van der Waals surface area contributed by atoms with E-state index >= 15 is 0 Å². The number of carboxylic acids is 1. The number of amides is 1. The Kier molecular flexibility index (Phi) is 5.74. The molecular formula is C20H23NO3. The molecule has 0 aliphatic heterocycles. The van der Waals surface area contributed by atoms with Gasteiger partial charge in [0.25, 0.3) is 0 Å². The summed E-state index contributed by atoms with van der Waals surface area (Å²) < 4.78 is 0. The molecular weight excluding hydrogens is 302 g/mol. The molecule has 2 aromatic rings. The van der Waals surface area contributed by atoms with Crippen LogP contribution in [0, 0.1) is 0 Å². The van der Waals surface area contributed by atoms with Crippen LogP contribution in [0.4, 0.5) is 0 Å². The predicted octanol–water partition coefficient (Wildman–Crippen LogP) is 3.38. The van der Waals surface area contributed by atoms with Crippen LogP contribution < -0.4 is 5.32 Å². The Morgan fingerprint density at radius 2 is 1.54 bits per heavy atom. The summed E-state index contributed by atoms with van der Waals surface area (Å²) in [7, 11) is 0. The van der Waals surface area contributed by atoms with Crippen LogP contribution in [0.15, 0.2) is 60.7 Å². The summed E-state index contributed by atoms with van der Waals surface area (Å²) in [5, 5.41) is 11.8. The molecule has 2 rings (SSSR count). The molecule has 1 amide bonds. The molecule has 4 nitrogen and oxygen atoms in total. The third kappa shape index (κ3) is 4.95. The third-order valence-electron chi connectivity index (χ3n) is 4.01. The summed E-state index contributed by atoms with van der Waals surface area (Å²) in [6.07, 6.45) is 0.974. The summed E-state index contributed by atoms with van der Waals surface area (Å²) in [6.45, 7) is 2.98. The summed E-state index contributed by atoms with van der Waals surface area (Å²) >= 11 is 0. The van der Waals surface area contributed by atoms with E-state index in [1.807, 2.05) is 60.7 Å². The lowest BCUT2D eigenvalue weighted by molar-refractivity contribution is -0.146. The van der Waals surface area contributed by atoms with Crippen LogP contribution in [0.1, 0.15) is 37.3 Å². The molecule has 1 unspecified atom stereocenters. The molecule has 2 aromatic carbocycles. The molecule has 0 radical (unpaired) electrons. The fraction of sp³-hybridized carbons (Fsp3) is 0.300. The number of hydrogen-bond acceptors (Lipinski definition) is 2. The smallest absolute Gasteiger partial charge is 0.328 e. The fourth-order valence-electron chi connectivity index (χ4n) is 2.61. The minimum Gasteiger partial charge on any atom is -0.480 e. The van der Waals surface area contributed by atoms with Crippen LogP contribution in [-0.2, 0) is 16.0 Å². The zero-order valence-electron chi connectivity index (χ0n) is 14.0. The van der Waals surface area contributed by atoms with Gasteiger partial charge in [-0.1, -0.05) is 60.7 Å². The molecule has 1 atom stereocenters. The Morgan fingerprint density at radius 3 is 2.08 bits per heavy atom. The van der Waals surface area contributed by atoms with Crippen LogP contribution in [0.2, 0.25) is 0 Å². The number of aliphatic carboxylic acids is 1. The number of carbonyl (C=O) groups is 2. The molecule has 0 fully saturated rings. The Labute approximate surface area is 142 Å². The second kappa shape index (κ2) is 7.77. The Morgan fingerprint density at radius 1 is 1.00 bits per heavy atom. The highest BCUT2D eigenvalue weighted by Gasteiger charge is 2.29. The van der Waals surface area contributed by atoms with E-state index in [1.54, 1.807) is 0 Å². The second-order valence-corrected chi connectivity index (χ2v) is 6.48. The quantitative estimate of drug-likeness (QED) is 0.820. The maximum absolute atomic E-state index is 12.4. The van der Waals surface area contributed by atoms with E-state index in [1.165, 1.54) is 13.8 Å². The standard InChI is InChI=1S/C20H23NO3/c1-20(2,19(23)24)21-18(22)14-17(16-11-7-4-8-12-16)13-15-9-5-3-6-10-15/h3-12,17H,13-14H2,1-2H3,(H,21,22)(H,23,24). The number of benzene rings is 2. The maximum atomic E-state index is 12.4. The summed E-state index contributed by atoms with van der Waals surface area (Å²) in [5.41, 5.74) is 0.951. The first-order chi connectivity index (χ1) is 11.4. The van der Waals surface area contributed by atoms with Crippen molar-refractivity contribution in [2.45, 2.75) is 38.1 Å². The molecule has 0 spiro atoms. The van der Waals surface area contributed by atoms with Crippen molar-refractivity contribution in [2.24, 2.45) is 0 Å². The first kappa shape index (κ1) is 17.7. The third-order valence-corrected chi connectivity index (χ3v) is 4.01. The zero-order valence-corrected chi connectivity index (χ0v) is 14.0. The molecule has 0 saturated carbocycles. The second-order valence-electron chi connectivity index (χ2n) is 6.48. The van der Waals surface area contributed by atoms with Gasteiger partial charge in [-0.05, 0) is 37.3 Å². The Hall–Kier alpha value is -2.62. The highest BCUT2D eigenvalue weighted by Crippen LogP contribution is 2.24. The van der Waals surface area contributed by atoms with Crippen molar-refractivity contribution in [1.82, 2.24) is 5.32 Å². The molecule has 4 heteroatoms. The van der Waals surface area contributed by atoms with Gasteiger partial charge in [0.15, 0.2) is 0 Å². The lowest BCUT2D eigenvalue weighted by Crippen LogP contribution is -2.49. The van der Waals surface area contributed by atoms with Crippen molar-refractivity contribution in [3.05, 3.63) is 71.8 Å². The molecule has 126 valence electrons. The number of carboxylic acid groups (broad SMARTS) is 1. The first-order valence-corrected chi connectivity index (χ1v) is 8.02. The minimum absolute atomic E-state index is 0.00167. The maximum Gasteiger partial charge on any atom is 0.328 e. The number of carbonyl (C=O) groups excluding carboxylic acids is 1. The van der Waals surface area contributed by atoms with Crippen molar-refractivity contribution in [2.75, 3.05) is 0 Å². The molecule has 0 saturated heterocycles. The van der Waals surface area contributed by atoms with E-state index in [2.05, 4.69) is 5.32 Å². The molecule has 0 aliphatic carbocycles. The SMILES string of the molecule is CC(C)(NC(=O)CC(Cc1ccccc1)c1ccccc1)C(=O)O. The van der Waals surface area contributed by atoms with E-state index in [0.29, 0.717) is 0 Å². The van der Waals surface area contributed by atoms with E-state index in [4.69, 9.17) is 5.11 Å². The molecule has 0 aliphatic rings. The van der Waals surface area contributed by atoms with Crippen LogP contribution in [-0.4, -0.2) is 22.5 Å². The Balaban J connectivity index is 2.14. The largest absolute Gasteiger partial charge is 0.480 e. The van der Waals surface area contributed by atoms with E-state index < -0.39 is 11.5 Å². The summed E-state index contributed by atoms with van der Waals surface area (Å²) in [4.78, 5) is 23.6. The van der Waals surface area contributed by atoms with Crippen molar-refractivity contribution in [3.63, 3.8) is 0 Å². The van der Waals surface area contributed by atoms with Gasteiger partial charge in [0, 0.05) is 6.42 Å². The van der Waals surface area contributed by atoms with Crippen LogP contribution >= 0.6 is 0 Å². The van der Waals surface area contributed by atoms with E-state index in [9.17, 15) is 9.59 Å². The number of nitrogens with one attached hydrogen (secondary N) is 1. The first-order valence-electron chi connectivity index (χ1n) is 8.02. The van der Waals surface area contributed by atoms with E-state index in [0.717, 1.165) is 17.5 Å². The van der Waals surface area contributed by atoms with Gasteiger partial charge in [0.05, 0.1) is 0 Å². The monoisotopic (exact) mass is 325 g/mol. The van der Waals surface area contributed by atoms with Crippen molar-refractivity contribution in [3.8, 4) is 0 Å². The molecule has 0 bridgehead atoms. The van der Waals surface area contributed by atoms with Gasteiger partial charge in [0.2, 0.25) is 5.91 Å². The number of rotatable bonds is 7. The van der Waals surface area contributed by atoms with Crippen LogP contribution in [0.3, 0.4) is 0 Å². The van der Waals surface area contributed by atoms with Gasteiger partial charge in [-0.2, -0.15) is 0 Å². The molecule has 24 heavy (non-hydrogen) atoms. The zero-order chi connectivity index (χ0) is 17.6. The van der Waals surface area contributed by atoms with Gasteiger partial charge in [0.1, 0.15) is 5.54 Å². The lowest BCUT2D eigenvalue weighted by Gasteiger charge is -2.23. The summed E-state index contributed by atoms with van der Waals surface area (Å²) in [5.74, 6) is -1.31. The van der Waals surface area contributed by atoms with Gasteiger partial charge >= 0.3 is 5.97 Å². The predicted molar refractivity (Wildman–Crippen MR) is 93.8 cm³/mol. The van der Waals surface area contributed by atoms with Gasteiger partial charge < -0.3 is 10.4 Å². The normalized spacial score (nSPS) is 12.4. The fourth-order valence-corrected chi connectivity index (χ4v) is 2.61. The molecule has 0 aromatic heterocycles. The van der Waals surface area contributed by atoms with Crippen molar-refractivity contribution < 1.29 is 14.7 Å². The minimum atomic E-state index is -1.27. The summed E-state index contributed by atoms with van der Waals surface area (Å²) in [6, 6.07) is 19.8.